The molecule has 0 aliphatic carbocycles. The summed E-state index contributed by atoms with van der Waals surface area (Å²) in [6, 6.07) is 5.74. The quantitative estimate of drug-likeness (QED) is 0.642. The molecule has 8 heteroatoms. The Labute approximate surface area is 192 Å². The third kappa shape index (κ3) is 8.90. The SMILES string of the molecule is COC(=O)c1ccccc1S(=O)(=O)NC1CCCCCCCCCCC(=O)OC(C)CC1. The number of carbonyl (C=O) groups is 2. The summed E-state index contributed by atoms with van der Waals surface area (Å²) in [4.78, 5) is 24.0. The Morgan fingerprint density at radius 1 is 0.969 bits per heavy atom. The molecule has 2 rings (SSSR count). The summed E-state index contributed by atoms with van der Waals surface area (Å²) >= 11 is 0. The van der Waals surface area contributed by atoms with Crippen LogP contribution < -0.4 is 4.72 Å². The van der Waals surface area contributed by atoms with Crippen molar-refractivity contribution in [1.29, 1.82) is 0 Å². The number of cyclic esters (lactones) is 1. The predicted octanol–water partition coefficient (Wildman–Crippen LogP) is 4.75. The van der Waals surface area contributed by atoms with Gasteiger partial charge in [0.1, 0.15) is 0 Å². The zero-order valence-corrected chi connectivity index (χ0v) is 20.1. The second kappa shape index (κ2) is 13.6. The summed E-state index contributed by atoms with van der Waals surface area (Å²) in [5.74, 6) is -0.877. The van der Waals surface area contributed by atoms with Crippen LogP contribution in [0.15, 0.2) is 29.2 Å². The molecular weight excluding hydrogens is 430 g/mol. The molecule has 0 saturated carbocycles. The molecule has 0 radical (unpaired) electrons. The van der Waals surface area contributed by atoms with Gasteiger partial charge in [-0.05, 0) is 44.7 Å². The zero-order chi connectivity index (χ0) is 23.4. The van der Waals surface area contributed by atoms with Crippen molar-refractivity contribution in [2.75, 3.05) is 7.11 Å². The number of ether oxygens (including phenoxy) is 2. The maximum atomic E-state index is 13.1. The van der Waals surface area contributed by atoms with Gasteiger partial charge in [-0.25, -0.2) is 17.9 Å². The Kier molecular flexibility index (Phi) is 11.2. The first kappa shape index (κ1) is 26.3. The van der Waals surface area contributed by atoms with Gasteiger partial charge in [-0.15, -0.1) is 0 Å². The van der Waals surface area contributed by atoms with E-state index >= 15 is 0 Å². The van der Waals surface area contributed by atoms with Crippen LogP contribution in [0.5, 0.6) is 0 Å². The van der Waals surface area contributed by atoms with Crippen molar-refractivity contribution >= 4 is 22.0 Å². The molecule has 180 valence electrons. The maximum Gasteiger partial charge on any atom is 0.339 e. The van der Waals surface area contributed by atoms with Crippen LogP contribution in [0, 0.1) is 0 Å². The van der Waals surface area contributed by atoms with E-state index in [2.05, 4.69) is 4.72 Å². The number of hydrogen-bond donors (Lipinski definition) is 1. The molecule has 0 bridgehead atoms. The molecule has 1 N–H and O–H groups in total. The fraction of sp³-hybridized carbons (Fsp3) is 0.667. The van der Waals surface area contributed by atoms with Crippen molar-refractivity contribution < 1.29 is 27.5 Å². The first-order chi connectivity index (χ1) is 15.3. The molecule has 32 heavy (non-hydrogen) atoms. The predicted molar refractivity (Wildman–Crippen MR) is 123 cm³/mol. The second-order valence-electron chi connectivity index (χ2n) is 8.55. The minimum absolute atomic E-state index is 0.0120. The lowest BCUT2D eigenvalue weighted by molar-refractivity contribution is -0.148. The summed E-state index contributed by atoms with van der Waals surface area (Å²) in [5, 5.41) is 0. The fourth-order valence-corrected chi connectivity index (χ4v) is 5.52. The first-order valence-corrected chi connectivity index (χ1v) is 13.2. The van der Waals surface area contributed by atoms with Gasteiger partial charge in [0.15, 0.2) is 0 Å². The van der Waals surface area contributed by atoms with E-state index in [1.165, 1.54) is 19.2 Å². The maximum absolute atomic E-state index is 13.1. The van der Waals surface area contributed by atoms with E-state index in [1.807, 2.05) is 6.92 Å². The largest absolute Gasteiger partial charge is 0.465 e. The van der Waals surface area contributed by atoms with E-state index in [9.17, 15) is 18.0 Å². The van der Waals surface area contributed by atoms with Crippen molar-refractivity contribution in [3.8, 4) is 0 Å². The monoisotopic (exact) mass is 467 g/mol. The highest BCUT2D eigenvalue weighted by atomic mass is 32.2. The Morgan fingerprint density at radius 2 is 1.59 bits per heavy atom. The van der Waals surface area contributed by atoms with Gasteiger partial charge in [0.2, 0.25) is 10.0 Å². The molecule has 1 heterocycles. The lowest BCUT2D eigenvalue weighted by atomic mass is 10.0. The van der Waals surface area contributed by atoms with Crippen LogP contribution in [0.4, 0.5) is 0 Å². The topological polar surface area (TPSA) is 98.8 Å². The molecule has 1 aliphatic heterocycles. The number of esters is 2. The smallest absolute Gasteiger partial charge is 0.339 e. The summed E-state index contributed by atoms with van der Waals surface area (Å²) in [6.45, 7) is 1.85. The van der Waals surface area contributed by atoms with E-state index in [1.54, 1.807) is 12.1 Å². The summed E-state index contributed by atoms with van der Waals surface area (Å²) in [7, 11) is -2.70. The van der Waals surface area contributed by atoms with Crippen LogP contribution in [0.3, 0.4) is 0 Å². The van der Waals surface area contributed by atoms with E-state index < -0.39 is 16.0 Å². The molecule has 1 aromatic carbocycles. The Hall–Kier alpha value is -1.93. The van der Waals surface area contributed by atoms with E-state index in [0.29, 0.717) is 25.7 Å². The average Bonchev–Trinajstić information content (AvgIpc) is 2.77. The lowest BCUT2D eigenvalue weighted by Gasteiger charge is -2.22. The highest BCUT2D eigenvalue weighted by molar-refractivity contribution is 7.89. The van der Waals surface area contributed by atoms with Crippen LogP contribution in [0.2, 0.25) is 0 Å². The highest BCUT2D eigenvalue weighted by Gasteiger charge is 2.26. The van der Waals surface area contributed by atoms with Crippen molar-refractivity contribution in [3.63, 3.8) is 0 Å². The summed E-state index contributed by atoms with van der Waals surface area (Å²) in [5.41, 5.74) is 0.0120. The molecule has 7 nitrogen and oxygen atoms in total. The molecule has 0 amide bonds. The number of methoxy groups -OCH3 is 1. The minimum Gasteiger partial charge on any atom is -0.465 e. The standard InChI is InChI=1S/C24H37NO6S/c1-19-17-18-20(13-9-7-5-3-4-6-8-10-16-23(26)31-19)25-32(28,29)22-15-12-11-14-21(22)24(27)30-2/h11-12,14-15,19-20,25H,3-10,13,16-18H2,1-2H3. The summed E-state index contributed by atoms with van der Waals surface area (Å²) in [6.07, 6.45) is 10.4. The molecule has 0 spiro atoms. The molecular formula is C24H37NO6S. The van der Waals surface area contributed by atoms with Crippen LogP contribution in [-0.4, -0.2) is 39.6 Å². The van der Waals surface area contributed by atoms with Crippen molar-refractivity contribution in [2.24, 2.45) is 0 Å². The van der Waals surface area contributed by atoms with Crippen LogP contribution in [-0.2, 0) is 24.3 Å². The number of sulfonamides is 1. The lowest BCUT2D eigenvalue weighted by Crippen LogP contribution is -2.36. The number of rotatable bonds is 4. The summed E-state index contributed by atoms with van der Waals surface area (Å²) < 4.78 is 39.3. The molecule has 2 atom stereocenters. The molecule has 1 fully saturated rings. The Morgan fingerprint density at radius 3 is 2.28 bits per heavy atom. The van der Waals surface area contributed by atoms with Gasteiger partial charge in [0.05, 0.1) is 23.7 Å². The van der Waals surface area contributed by atoms with Crippen molar-refractivity contribution in [3.05, 3.63) is 29.8 Å². The number of benzene rings is 1. The first-order valence-electron chi connectivity index (χ1n) is 11.7. The third-order valence-corrected chi connectivity index (χ3v) is 7.42. The van der Waals surface area contributed by atoms with Crippen LogP contribution >= 0.6 is 0 Å². The van der Waals surface area contributed by atoms with Gasteiger partial charge >= 0.3 is 11.9 Å². The molecule has 0 aromatic heterocycles. The normalized spacial score (nSPS) is 22.6. The van der Waals surface area contributed by atoms with Gasteiger partial charge in [-0.1, -0.05) is 57.1 Å². The highest BCUT2D eigenvalue weighted by Crippen LogP contribution is 2.21. The van der Waals surface area contributed by atoms with Gasteiger partial charge in [0, 0.05) is 12.5 Å². The fourth-order valence-electron chi connectivity index (χ4n) is 4.02. The molecule has 1 aliphatic rings. The van der Waals surface area contributed by atoms with Gasteiger partial charge < -0.3 is 9.47 Å². The van der Waals surface area contributed by atoms with Gasteiger partial charge in [0.25, 0.3) is 0 Å². The Balaban J connectivity index is 2.11. The van der Waals surface area contributed by atoms with E-state index in [4.69, 9.17) is 9.47 Å². The average molecular weight is 468 g/mol. The van der Waals surface area contributed by atoms with Gasteiger partial charge in [-0.2, -0.15) is 0 Å². The number of nitrogens with one attached hydrogen (secondary N) is 1. The zero-order valence-electron chi connectivity index (χ0n) is 19.3. The number of carbonyl (C=O) groups excluding carboxylic acids is 2. The van der Waals surface area contributed by atoms with Crippen molar-refractivity contribution in [2.45, 2.75) is 101 Å². The molecule has 1 aromatic rings. The minimum atomic E-state index is -3.92. The number of hydrogen-bond acceptors (Lipinski definition) is 6. The molecule has 2 unspecified atom stereocenters. The van der Waals surface area contributed by atoms with E-state index in [0.717, 1.165) is 51.4 Å². The molecule has 1 saturated heterocycles. The van der Waals surface area contributed by atoms with Crippen LogP contribution in [0.25, 0.3) is 0 Å². The van der Waals surface area contributed by atoms with E-state index in [-0.39, 0.29) is 28.6 Å². The second-order valence-corrected chi connectivity index (χ2v) is 10.2. The van der Waals surface area contributed by atoms with Crippen molar-refractivity contribution in [1.82, 2.24) is 4.72 Å². The van der Waals surface area contributed by atoms with Crippen LogP contribution in [0.1, 0.15) is 94.3 Å². The Bertz CT molecular complexity index is 839. The van der Waals surface area contributed by atoms with Gasteiger partial charge in [-0.3, -0.25) is 4.79 Å². The third-order valence-electron chi connectivity index (χ3n) is 5.84.